The van der Waals surface area contributed by atoms with Crippen LogP contribution in [0.2, 0.25) is 32.7 Å². The Morgan fingerprint density at radius 1 is 0.667 bits per heavy atom. The summed E-state index contributed by atoms with van der Waals surface area (Å²) in [6, 6.07) is 0. The summed E-state index contributed by atoms with van der Waals surface area (Å²) in [5, 5.41) is 0. The molecule has 1 nitrogen and oxygen atoms in total. The molecular weight excluding hydrogens is 288 g/mol. The Bertz CT molecular complexity index is 246. The molecule has 0 bridgehead atoms. The number of hydrogen-bond acceptors (Lipinski definition) is 1. The molecule has 0 aliphatic carbocycles. The van der Waals surface area contributed by atoms with Crippen molar-refractivity contribution in [1.29, 1.82) is 0 Å². The van der Waals surface area contributed by atoms with Gasteiger partial charge in [-0.05, 0) is 25.9 Å². The van der Waals surface area contributed by atoms with Crippen molar-refractivity contribution in [3.8, 4) is 0 Å². The van der Waals surface area contributed by atoms with Gasteiger partial charge in [-0.15, -0.1) is 0 Å². The fourth-order valence-corrected chi connectivity index (χ4v) is 5.42. The van der Waals surface area contributed by atoms with E-state index in [0.717, 1.165) is 0 Å². The van der Waals surface area contributed by atoms with Gasteiger partial charge in [0.25, 0.3) is 0 Å². The van der Waals surface area contributed by atoms with Crippen molar-refractivity contribution >= 4 is 15.4 Å². The van der Waals surface area contributed by atoms with E-state index in [9.17, 15) is 0 Å². The van der Waals surface area contributed by atoms with Crippen molar-refractivity contribution in [1.82, 2.24) is 0 Å². The van der Waals surface area contributed by atoms with Crippen LogP contribution in [0.4, 0.5) is 0 Å². The van der Waals surface area contributed by atoms with Gasteiger partial charge in [0.1, 0.15) is 0 Å². The van der Waals surface area contributed by atoms with E-state index in [0.29, 0.717) is 6.10 Å². The topological polar surface area (TPSA) is 9.23 Å². The van der Waals surface area contributed by atoms with Crippen LogP contribution in [0.3, 0.4) is 0 Å². The average Bonchev–Trinajstić information content (AvgIpc) is 2.38. The molecule has 0 radical (unpaired) electrons. The lowest BCUT2D eigenvalue weighted by Crippen LogP contribution is -2.56. The van der Waals surface area contributed by atoms with E-state index in [1.807, 2.05) is 0 Å². The van der Waals surface area contributed by atoms with Crippen LogP contribution in [0.1, 0.15) is 78.1 Å². The minimum atomic E-state index is -1.46. The summed E-state index contributed by atoms with van der Waals surface area (Å²) in [7, 11) is -2.60. The highest BCUT2D eigenvalue weighted by atomic mass is 29.3. The lowest BCUT2D eigenvalue weighted by Gasteiger charge is -2.38. The minimum Gasteiger partial charge on any atom is -0.417 e. The predicted octanol–water partition coefficient (Wildman–Crippen LogP) is 6.93. The van der Waals surface area contributed by atoms with Crippen LogP contribution in [0, 0.1) is 0 Å². The molecule has 3 heteroatoms. The zero-order chi connectivity index (χ0) is 16.4. The van der Waals surface area contributed by atoms with Gasteiger partial charge < -0.3 is 4.43 Å². The van der Waals surface area contributed by atoms with Crippen LogP contribution < -0.4 is 0 Å². The van der Waals surface area contributed by atoms with E-state index in [1.54, 1.807) is 0 Å². The van der Waals surface area contributed by atoms with Crippen molar-refractivity contribution in [2.75, 3.05) is 0 Å². The first kappa shape index (κ1) is 21.4. The maximum atomic E-state index is 6.73. The molecule has 0 heterocycles. The molecule has 0 amide bonds. The third-order valence-corrected chi connectivity index (χ3v) is 20.8. The van der Waals surface area contributed by atoms with Gasteiger partial charge in [-0.3, -0.25) is 0 Å². The van der Waals surface area contributed by atoms with E-state index in [1.165, 1.54) is 64.2 Å². The highest BCUT2D eigenvalue weighted by molar-refractivity contribution is 7.37. The summed E-state index contributed by atoms with van der Waals surface area (Å²) < 4.78 is 6.73. The smallest absolute Gasteiger partial charge is 0.173 e. The van der Waals surface area contributed by atoms with Crippen molar-refractivity contribution in [2.24, 2.45) is 0 Å². The van der Waals surface area contributed by atoms with Gasteiger partial charge in [0.2, 0.25) is 0 Å². The Morgan fingerprint density at radius 2 is 1.14 bits per heavy atom. The van der Waals surface area contributed by atoms with Crippen molar-refractivity contribution in [2.45, 2.75) is 117 Å². The molecule has 1 atom stereocenters. The molecular formula is C18H42OSi2. The molecule has 0 saturated heterocycles. The SMILES string of the molecule is CCCCCCCCC(CCCC)O[Si](C)(C)[Si](C)(C)C. The van der Waals surface area contributed by atoms with Crippen molar-refractivity contribution in [3.63, 3.8) is 0 Å². The molecule has 128 valence electrons. The van der Waals surface area contributed by atoms with E-state index in [-0.39, 0.29) is 0 Å². The molecule has 0 N–H and O–H groups in total. The van der Waals surface area contributed by atoms with Gasteiger partial charge in [-0.1, -0.05) is 84.9 Å². The summed E-state index contributed by atoms with van der Waals surface area (Å²) in [6.45, 7) is 17.0. The minimum absolute atomic E-state index is 0.546. The fraction of sp³-hybridized carbons (Fsp3) is 1.00. The van der Waals surface area contributed by atoms with Gasteiger partial charge >= 0.3 is 0 Å². The largest absolute Gasteiger partial charge is 0.417 e. The monoisotopic (exact) mass is 330 g/mol. The molecule has 21 heavy (non-hydrogen) atoms. The van der Waals surface area contributed by atoms with E-state index < -0.39 is 15.4 Å². The Labute approximate surface area is 137 Å². The molecule has 0 spiro atoms. The number of unbranched alkanes of at least 4 members (excludes halogenated alkanes) is 6. The van der Waals surface area contributed by atoms with Crippen LogP contribution in [-0.4, -0.2) is 21.5 Å². The molecule has 0 aromatic rings. The van der Waals surface area contributed by atoms with Crippen LogP contribution >= 0.6 is 0 Å². The summed E-state index contributed by atoms with van der Waals surface area (Å²) in [5.41, 5.74) is 0. The molecule has 0 aromatic carbocycles. The maximum absolute atomic E-state index is 6.73. The Balaban J connectivity index is 4.20. The molecule has 0 fully saturated rings. The Morgan fingerprint density at radius 3 is 1.67 bits per heavy atom. The summed E-state index contributed by atoms with van der Waals surface area (Å²) in [4.78, 5) is 0. The van der Waals surface area contributed by atoms with Crippen LogP contribution in [-0.2, 0) is 4.43 Å². The highest BCUT2D eigenvalue weighted by Gasteiger charge is 2.40. The van der Waals surface area contributed by atoms with Gasteiger partial charge in [0.05, 0.1) is 7.59 Å². The van der Waals surface area contributed by atoms with E-state index in [2.05, 4.69) is 46.6 Å². The quantitative estimate of drug-likeness (QED) is 0.263. The lowest BCUT2D eigenvalue weighted by atomic mass is 10.0. The van der Waals surface area contributed by atoms with E-state index >= 15 is 0 Å². The molecule has 0 aliphatic rings. The third-order valence-electron chi connectivity index (χ3n) is 5.03. The predicted molar refractivity (Wildman–Crippen MR) is 103 cm³/mol. The Kier molecular flexibility index (Phi) is 11.2. The molecule has 0 aliphatic heterocycles. The second-order valence-electron chi connectivity index (χ2n) is 8.20. The van der Waals surface area contributed by atoms with Crippen LogP contribution in [0.5, 0.6) is 0 Å². The molecule has 0 rings (SSSR count). The lowest BCUT2D eigenvalue weighted by molar-refractivity contribution is 0.170. The van der Waals surface area contributed by atoms with Crippen LogP contribution in [0.25, 0.3) is 0 Å². The summed E-state index contributed by atoms with van der Waals surface area (Å²) in [6.07, 6.45) is 14.1. The van der Waals surface area contributed by atoms with Gasteiger partial charge in [0, 0.05) is 6.10 Å². The highest BCUT2D eigenvalue weighted by Crippen LogP contribution is 2.25. The summed E-state index contributed by atoms with van der Waals surface area (Å²) in [5.74, 6) is 0. The normalized spacial score (nSPS) is 14.4. The standard InChI is InChI=1S/C18H42OSi2/c1-8-10-12-13-14-15-17-18(16-11-9-2)19-21(6,7)20(3,4)5/h18H,8-17H2,1-7H3. The molecule has 0 saturated carbocycles. The van der Waals surface area contributed by atoms with Crippen LogP contribution in [0.15, 0.2) is 0 Å². The number of hydrogen-bond donors (Lipinski definition) is 0. The first-order chi connectivity index (χ1) is 9.74. The summed E-state index contributed by atoms with van der Waals surface area (Å²) >= 11 is 0. The zero-order valence-electron chi connectivity index (χ0n) is 16.1. The first-order valence-corrected chi connectivity index (χ1v) is 16.8. The third kappa shape index (κ3) is 9.90. The maximum Gasteiger partial charge on any atom is 0.173 e. The van der Waals surface area contributed by atoms with Gasteiger partial charge in [0.15, 0.2) is 7.83 Å². The van der Waals surface area contributed by atoms with Crippen molar-refractivity contribution in [3.05, 3.63) is 0 Å². The second kappa shape index (κ2) is 11.0. The van der Waals surface area contributed by atoms with Crippen molar-refractivity contribution < 1.29 is 4.43 Å². The molecule has 0 aromatic heterocycles. The fourth-order valence-electron chi connectivity index (χ4n) is 2.44. The van der Waals surface area contributed by atoms with E-state index in [4.69, 9.17) is 4.43 Å². The Hall–Kier alpha value is 0.394. The zero-order valence-corrected chi connectivity index (χ0v) is 18.1. The number of rotatable bonds is 13. The van der Waals surface area contributed by atoms with Gasteiger partial charge in [-0.2, -0.15) is 0 Å². The average molecular weight is 331 g/mol. The first-order valence-electron chi connectivity index (χ1n) is 9.42. The second-order valence-corrected chi connectivity index (χ2v) is 24.1. The van der Waals surface area contributed by atoms with Gasteiger partial charge in [-0.25, -0.2) is 0 Å². The molecule has 1 unspecified atom stereocenters.